The Hall–Kier alpha value is -6.53. The molecule has 0 aliphatic rings. The molecule has 0 spiro atoms. The number of aromatic nitrogens is 8. The number of carboxylic acids is 1. The molecule has 16 nitrogen and oxygen atoms in total. The Morgan fingerprint density at radius 2 is 1.00 bits per heavy atom. The Bertz CT molecular complexity index is 2850. The number of aromatic amines is 2. The minimum atomic E-state index is -1.01. The zero-order chi connectivity index (χ0) is 46.6. The van der Waals surface area contributed by atoms with E-state index in [1.807, 2.05) is 38.1 Å². The van der Waals surface area contributed by atoms with Crippen molar-refractivity contribution in [3.8, 4) is 34.5 Å². The molecule has 22 heteroatoms. The number of benzene rings is 6. The molecule has 0 saturated heterocycles. The third kappa shape index (κ3) is 14.0. The smallest absolute Gasteiger partial charge is 0.335 e. The summed E-state index contributed by atoms with van der Waals surface area (Å²) in [6, 6.07) is 32.9. The van der Waals surface area contributed by atoms with Crippen molar-refractivity contribution in [3.05, 3.63) is 190 Å². The van der Waals surface area contributed by atoms with Gasteiger partial charge in [-0.1, -0.05) is 118 Å². The van der Waals surface area contributed by atoms with Crippen LogP contribution in [0.15, 0.2) is 121 Å². The number of tetrazole rings is 2. The van der Waals surface area contributed by atoms with E-state index in [-0.39, 0.29) is 28.8 Å². The molecule has 332 valence electrons. The Morgan fingerprint density at radius 1 is 0.569 bits per heavy atom. The van der Waals surface area contributed by atoms with Gasteiger partial charge in [-0.05, 0) is 102 Å². The lowest BCUT2D eigenvalue weighted by Gasteiger charge is -2.11. The molecule has 0 fully saturated rings. The number of carbonyl (C=O) groups is 1. The van der Waals surface area contributed by atoms with Crippen molar-refractivity contribution in [2.24, 2.45) is 0 Å². The zero-order valence-electron chi connectivity index (χ0n) is 33.5. The topological polar surface area (TPSA) is 217 Å². The molecular formula is C43H31Cl6N9O7. The summed E-state index contributed by atoms with van der Waals surface area (Å²) in [6.45, 7) is 3.85. The first kappa shape index (κ1) is 47.9. The van der Waals surface area contributed by atoms with Gasteiger partial charge in [0.25, 0.3) is 0 Å². The highest BCUT2D eigenvalue weighted by molar-refractivity contribution is 6.35. The van der Waals surface area contributed by atoms with Gasteiger partial charge in [-0.15, -0.1) is 20.4 Å². The summed E-state index contributed by atoms with van der Waals surface area (Å²) in [7, 11) is 0. The van der Waals surface area contributed by atoms with E-state index in [9.17, 15) is 14.9 Å². The number of hydrogen-bond donors (Lipinski definition) is 3. The van der Waals surface area contributed by atoms with Gasteiger partial charge < -0.3 is 19.3 Å². The second-order valence-electron chi connectivity index (χ2n) is 13.5. The van der Waals surface area contributed by atoms with Crippen LogP contribution in [0.25, 0.3) is 0 Å². The van der Waals surface area contributed by atoms with Crippen LogP contribution in [0, 0.1) is 10.1 Å². The molecular weight excluding hydrogens is 967 g/mol. The summed E-state index contributed by atoms with van der Waals surface area (Å²) in [4.78, 5) is 21.6. The van der Waals surface area contributed by atoms with Gasteiger partial charge in [0.15, 0.2) is 11.6 Å². The number of nitro groups is 1. The Morgan fingerprint density at radius 3 is 1.43 bits per heavy atom. The molecule has 0 amide bonds. The van der Waals surface area contributed by atoms with E-state index in [1.54, 1.807) is 66.7 Å². The Balaban J connectivity index is 0.000000164. The van der Waals surface area contributed by atoms with Crippen LogP contribution in [-0.4, -0.2) is 57.2 Å². The number of halogens is 6. The summed E-state index contributed by atoms with van der Waals surface area (Å²) in [5, 5.41) is 50.6. The van der Waals surface area contributed by atoms with Crippen molar-refractivity contribution in [2.75, 3.05) is 0 Å². The van der Waals surface area contributed by atoms with Crippen molar-refractivity contribution in [1.29, 1.82) is 0 Å². The second-order valence-corrected chi connectivity index (χ2v) is 16.1. The minimum Gasteiger partial charge on any atom is -0.478 e. The molecule has 0 radical (unpaired) electrons. The van der Waals surface area contributed by atoms with Gasteiger partial charge in [0.05, 0.1) is 10.5 Å². The molecule has 0 aliphatic carbocycles. The van der Waals surface area contributed by atoms with Crippen LogP contribution in [0.2, 0.25) is 30.1 Å². The monoisotopic (exact) mass is 995 g/mol. The number of aromatic carboxylic acids is 1. The maximum atomic E-state index is 11.3. The average molecular weight is 998 g/mol. The van der Waals surface area contributed by atoms with Gasteiger partial charge >= 0.3 is 11.7 Å². The van der Waals surface area contributed by atoms with Crippen molar-refractivity contribution >= 4 is 81.3 Å². The molecule has 2 heterocycles. The van der Waals surface area contributed by atoms with Crippen LogP contribution in [0.1, 0.15) is 58.8 Å². The van der Waals surface area contributed by atoms with E-state index in [0.717, 1.165) is 11.1 Å². The molecule has 0 bridgehead atoms. The molecule has 2 atom stereocenters. The average Bonchev–Trinajstić information content (AvgIpc) is 3.99. The lowest BCUT2D eigenvalue weighted by molar-refractivity contribution is -0.385. The van der Waals surface area contributed by atoms with Crippen molar-refractivity contribution in [2.45, 2.75) is 25.7 Å². The number of nitrogens with zero attached hydrogens (tertiary/aromatic N) is 7. The molecule has 0 aliphatic heterocycles. The fourth-order valence-corrected chi connectivity index (χ4v) is 7.26. The van der Waals surface area contributed by atoms with Crippen LogP contribution < -0.4 is 14.2 Å². The van der Waals surface area contributed by atoms with Crippen molar-refractivity contribution in [3.63, 3.8) is 0 Å². The van der Waals surface area contributed by atoms with E-state index in [0.29, 0.717) is 70.5 Å². The predicted octanol–water partition coefficient (Wildman–Crippen LogP) is 13.3. The molecule has 0 saturated carbocycles. The van der Waals surface area contributed by atoms with Gasteiger partial charge in [0.1, 0.15) is 28.7 Å². The maximum absolute atomic E-state index is 11.3. The first-order valence-electron chi connectivity index (χ1n) is 18.7. The standard InChI is InChI=1S/C15H11Cl2N5O3.C15H12Cl2N4O.C13H8Cl2O3/c1-8(15-18-20-21-19-15)9-2-3-13(22(23)24)14(4-9)25-12-6-10(16)5-11(17)7-12;1-9(15-18-20-21-19-15)10-3-2-4-13(5-10)22-14-7-11(16)6-12(17)8-14;14-9-5-10(15)7-12(6-9)18-11-3-1-2-8(4-11)13(16)17/h2-8H,1H3,(H,18,19,20,21);2-9H,1H3,(H,18,19,20,21);1-7H,(H,16,17). The number of hydrogen-bond acceptors (Lipinski definition) is 12. The highest BCUT2D eigenvalue weighted by Gasteiger charge is 2.21. The second kappa shape index (κ2) is 22.4. The van der Waals surface area contributed by atoms with E-state index in [4.69, 9.17) is 88.9 Å². The number of H-pyrrole nitrogens is 2. The number of nitro benzene ring substituents is 1. The third-order valence-corrected chi connectivity index (χ3v) is 10.1. The van der Waals surface area contributed by atoms with Crippen LogP contribution in [0.5, 0.6) is 34.5 Å². The summed E-state index contributed by atoms with van der Waals surface area (Å²) in [5.74, 6) is 2.35. The maximum Gasteiger partial charge on any atom is 0.335 e. The first-order valence-corrected chi connectivity index (χ1v) is 21.0. The molecule has 3 N–H and O–H groups in total. The summed E-state index contributed by atoms with van der Waals surface area (Å²) < 4.78 is 17.0. The minimum absolute atomic E-state index is 0.00486. The third-order valence-electron chi connectivity index (χ3n) is 8.83. The largest absolute Gasteiger partial charge is 0.478 e. The lowest BCUT2D eigenvalue weighted by Crippen LogP contribution is -2.01. The highest BCUT2D eigenvalue weighted by atomic mass is 35.5. The fraction of sp³-hybridized carbons (Fsp3) is 0.0930. The van der Waals surface area contributed by atoms with Crippen LogP contribution in [0.4, 0.5) is 5.69 Å². The van der Waals surface area contributed by atoms with Gasteiger partial charge in [-0.25, -0.2) is 4.79 Å². The molecule has 2 aromatic heterocycles. The van der Waals surface area contributed by atoms with Gasteiger partial charge in [0.2, 0.25) is 5.75 Å². The van der Waals surface area contributed by atoms with Gasteiger partial charge in [0, 0.05) is 48.0 Å². The highest BCUT2D eigenvalue weighted by Crippen LogP contribution is 2.37. The Kier molecular flexibility index (Phi) is 16.5. The van der Waals surface area contributed by atoms with Gasteiger partial charge in [-0.3, -0.25) is 10.1 Å². The SMILES string of the molecule is CC(c1ccc([N+](=O)[O-])c(Oc2cc(Cl)cc(Cl)c2)c1)c1nn[nH]n1.CC(c1cccc(Oc2cc(Cl)cc(Cl)c2)c1)c1nn[nH]n1.O=C(O)c1cccc(Oc2cc(Cl)cc(Cl)c2)c1. The number of ether oxygens (including phenoxy) is 3. The fourth-order valence-electron chi connectivity index (χ4n) is 5.74. The molecule has 65 heavy (non-hydrogen) atoms. The van der Waals surface area contributed by atoms with E-state index in [2.05, 4.69) is 41.2 Å². The molecule has 8 rings (SSSR count). The summed E-state index contributed by atoms with van der Waals surface area (Å²) in [6.07, 6.45) is 0. The number of nitrogens with one attached hydrogen (secondary N) is 2. The first-order chi connectivity index (χ1) is 31.1. The summed E-state index contributed by atoms with van der Waals surface area (Å²) in [5.41, 5.74) is 1.72. The Labute approximate surface area is 399 Å². The molecule has 8 aromatic rings. The van der Waals surface area contributed by atoms with Crippen LogP contribution >= 0.6 is 69.6 Å². The normalized spacial score (nSPS) is 11.5. The quantitative estimate of drug-likeness (QED) is 0.0767. The molecule has 6 aromatic carbocycles. The summed E-state index contributed by atoms with van der Waals surface area (Å²) >= 11 is 35.5. The van der Waals surface area contributed by atoms with Crippen molar-refractivity contribution in [1.82, 2.24) is 41.2 Å². The van der Waals surface area contributed by atoms with E-state index < -0.39 is 10.9 Å². The van der Waals surface area contributed by atoms with Crippen molar-refractivity contribution < 1.29 is 29.0 Å². The number of rotatable bonds is 12. The number of carboxylic acid groups (broad SMARTS) is 1. The zero-order valence-corrected chi connectivity index (χ0v) is 38.0. The van der Waals surface area contributed by atoms with Gasteiger partial charge in [-0.2, -0.15) is 10.4 Å². The van der Waals surface area contributed by atoms with Crippen LogP contribution in [0.3, 0.4) is 0 Å². The molecule has 2 unspecified atom stereocenters. The van der Waals surface area contributed by atoms with Crippen LogP contribution in [-0.2, 0) is 0 Å². The van der Waals surface area contributed by atoms with E-state index >= 15 is 0 Å². The van der Waals surface area contributed by atoms with E-state index in [1.165, 1.54) is 30.3 Å². The predicted molar refractivity (Wildman–Crippen MR) is 246 cm³/mol. The lowest BCUT2D eigenvalue weighted by atomic mass is 10.00.